The van der Waals surface area contributed by atoms with Gasteiger partial charge in [0.15, 0.2) is 0 Å². The third kappa shape index (κ3) is 1.98. The summed E-state index contributed by atoms with van der Waals surface area (Å²) in [6.07, 6.45) is 6.30. The zero-order valence-corrected chi connectivity index (χ0v) is 10.8. The van der Waals surface area contributed by atoms with Crippen LogP contribution in [-0.4, -0.2) is 9.55 Å². The predicted octanol–water partition coefficient (Wildman–Crippen LogP) is 2.64. The molecule has 1 aromatic heterocycles. The monoisotopic (exact) mass is 239 g/mol. The fourth-order valence-electron chi connectivity index (χ4n) is 2.13. The molecule has 0 amide bonds. The Hall–Kier alpha value is -2.21. The van der Waals surface area contributed by atoms with Crippen molar-refractivity contribution in [1.29, 1.82) is 0 Å². The minimum Gasteiger partial charge on any atom is -0.383 e. The first kappa shape index (κ1) is 12.3. The lowest BCUT2D eigenvalue weighted by Gasteiger charge is -2.06. The van der Waals surface area contributed by atoms with E-state index in [1.54, 1.807) is 0 Å². The molecule has 0 aliphatic carbocycles. The number of nitrogens with zero attached hydrogens (tertiary/aromatic N) is 2. The molecule has 0 radical (unpaired) electrons. The minimum absolute atomic E-state index is 0.457. The molecule has 2 aromatic rings. The van der Waals surface area contributed by atoms with Gasteiger partial charge in [0.2, 0.25) is 0 Å². The number of anilines is 1. The highest BCUT2D eigenvalue weighted by molar-refractivity contribution is 5.73. The van der Waals surface area contributed by atoms with Crippen molar-refractivity contribution in [2.45, 2.75) is 26.8 Å². The van der Waals surface area contributed by atoms with Gasteiger partial charge < -0.3 is 10.3 Å². The Morgan fingerprint density at radius 3 is 2.78 bits per heavy atom. The number of aromatic nitrogens is 2. The fraction of sp³-hybridized carbons (Fsp3) is 0.267. The van der Waals surface area contributed by atoms with Crippen molar-refractivity contribution in [3.63, 3.8) is 0 Å². The van der Waals surface area contributed by atoms with Crippen molar-refractivity contribution >= 4 is 5.82 Å². The number of benzene rings is 1. The van der Waals surface area contributed by atoms with Crippen molar-refractivity contribution in [1.82, 2.24) is 9.55 Å². The zero-order valence-electron chi connectivity index (χ0n) is 10.8. The summed E-state index contributed by atoms with van der Waals surface area (Å²) in [4.78, 5) is 4.55. The number of hydrogen-bond acceptors (Lipinski definition) is 2. The van der Waals surface area contributed by atoms with Crippen LogP contribution in [0.5, 0.6) is 0 Å². The van der Waals surface area contributed by atoms with E-state index in [-0.39, 0.29) is 0 Å². The topological polar surface area (TPSA) is 43.8 Å². The summed E-state index contributed by atoms with van der Waals surface area (Å²) >= 11 is 0. The average molecular weight is 239 g/mol. The first-order valence-corrected chi connectivity index (χ1v) is 6.03. The lowest BCUT2D eigenvalue weighted by molar-refractivity contribution is 0.807. The van der Waals surface area contributed by atoms with Gasteiger partial charge in [-0.1, -0.05) is 37.1 Å². The molecule has 0 bridgehead atoms. The van der Waals surface area contributed by atoms with Crippen LogP contribution in [0.2, 0.25) is 0 Å². The summed E-state index contributed by atoms with van der Waals surface area (Å²) in [5.74, 6) is 4.10. The molecule has 0 spiro atoms. The summed E-state index contributed by atoms with van der Waals surface area (Å²) in [7, 11) is 0. The van der Waals surface area contributed by atoms with Gasteiger partial charge in [-0.05, 0) is 18.9 Å². The standard InChI is InChI=1S/C15H17N3/c1-4-10-18-11(3)17-14(15(18)16)13-9-7-6-8-12(13)5-2/h1,6-9H,5,10,16H2,2-3H3. The SMILES string of the molecule is C#CCn1c(C)nc(-c2ccccc2CC)c1N. The molecule has 3 nitrogen and oxygen atoms in total. The number of hydrogen-bond donors (Lipinski definition) is 1. The highest BCUT2D eigenvalue weighted by atomic mass is 15.1. The van der Waals surface area contributed by atoms with Crippen LogP contribution >= 0.6 is 0 Å². The maximum absolute atomic E-state index is 6.15. The lowest BCUT2D eigenvalue weighted by atomic mass is 10.0. The number of nitrogens with two attached hydrogens (primary N) is 1. The van der Waals surface area contributed by atoms with Crippen molar-refractivity contribution in [3.05, 3.63) is 35.7 Å². The average Bonchev–Trinajstić information content (AvgIpc) is 2.67. The van der Waals surface area contributed by atoms with Crippen molar-refractivity contribution in [2.24, 2.45) is 0 Å². The first-order chi connectivity index (χ1) is 8.69. The fourth-order valence-corrected chi connectivity index (χ4v) is 2.13. The van der Waals surface area contributed by atoms with Crippen molar-refractivity contribution < 1.29 is 0 Å². The molecule has 0 aliphatic heterocycles. The largest absolute Gasteiger partial charge is 0.383 e. The van der Waals surface area contributed by atoms with Gasteiger partial charge in [-0.3, -0.25) is 0 Å². The Kier molecular flexibility index (Phi) is 3.38. The van der Waals surface area contributed by atoms with Gasteiger partial charge in [-0.25, -0.2) is 4.98 Å². The Balaban J connectivity index is 2.59. The third-order valence-electron chi connectivity index (χ3n) is 3.10. The maximum atomic E-state index is 6.15. The molecule has 0 unspecified atom stereocenters. The van der Waals surface area contributed by atoms with Crippen LogP contribution in [0.3, 0.4) is 0 Å². The third-order valence-corrected chi connectivity index (χ3v) is 3.10. The van der Waals surface area contributed by atoms with E-state index in [2.05, 4.69) is 30.0 Å². The van der Waals surface area contributed by atoms with E-state index in [4.69, 9.17) is 12.2 Å². The second-order valence-electron chi connectivity index (χ2n) is 4.19. The quantitative estimate of drug-likeness (QED) is 0.837. The zero-order chi connectivity index (χ0) is 13.1. The maximum Gasteiger partial charge on any atom is 0.132 e. The van der Waals surface area contributed by atoms with Crippen molar-refractivity contribution in [2.75, 3.05) is 5.73 Å². The summed E-state index contributed by atoms with van der Waals surface area (Å²) in [6, 6.07) is 8.19. The van der Waals surface area contributed by atoms with Crippen molar-refractivity contribution in [3.8, 4) is 23.6 Å². The van der Waals surface area contributed by atoms with E-state index in [1.165, 1.54) is 5.56 Å². The molecule has 0 aliphatic rings. The van der Waals surface area contributed by atoms with E-state index >= 15 is 0 Å². The van der Waals surface area contributed by atoms with Crippen LogP contribution in [-0.2, 0) is 13.0 Å². The minimum atomic E-state index is 0.457. The molecule has 0 fully saturated rings. The van der Waals surface area contributed by atoms with Gasteiger partial charge in [0.25, 0.3) is 0 Å². The molecule has 92 valence electrons. The van der Waals surface area contributed by atoms with Crippen LogP contribution in [0.15, 0.2) is 24.3 Å². The summed E-state index contributed by atoms with van der Waals surface area (Å²) < 4.78 is 1.86. The Morgan fingerprint density at radius 2 is 2.11 bits per heavy atom. The Labute approximate surface area is 108 Å². The molecule has 1 heterocycles. The van der Waals surface area contributed by atoms with Gasteiger partial charge in [-0.2, -0.15) is 0 Å². The first-order valence-electron chi connectivity index (χ1n) is 6.03. The second kappa shape index (κ2) is 4.97. The molecule has 0 atom stereocenters. The van der Waals surface area contributed by atoms with Crippen LogP contribution in [0.25, 0.3) is 11.3 Å². The van der Waals surface area contributed by atoms with E-state index in [0.717, 1.165) is 23.5 Å². The van der Waals surface area contributed by atoms with E-state index in [9.17, 15) is 0 Å². The van der Waals surface area contributed by atoms with Crippen LogP contribution in [0, 0.1) is 19.3 Å². The number of rotatable bonds is 3. The molecule has 1 aromatic carbocycles. The number of terminal acetylenes is 1. The molecule has 18 heavy (non-hydrogen) atoms. The van der Waals surface area contributed by atoms with Gasteiger partial charge in [0, 0.05) is 5.56 Å². The Bertz CT molecular complexity index is 603. The highest BCUT2D eigenvalue weighted by Gasteiger charge is 2.14. The lowest BCUT2D eigenvalue weighted by Crippen LogP contribution is -2.03. The van der Waals surface area contributed by atoms with Gasteiger partial charge >= 0.3 is 0 Å². The van der Waals surface area contributed by atoms with Gasteiger partial charge in [-0.15, -0.1) is 6.42 Å². The molecule has 2 N–H and O–H groups in total. The molecule has 0 saturated carbocycles. The predicted molar refractivity (Wildman–Crippen MR) is 75.0 cm³/mol. The molecular formula is C15H17N3. The molecule has 3 heteroatoms. The van der Waals surface area contributed by atoms with Crippen LogP contribution in [0.4, 0.5) is 5.82 Å². The van der Waals surface area contributed by atoms with E-state index in [1.807, 2.05) is 23.6 Å². The van der Waals surface area contributed by atoms with E-state index in [0.29, 0.717) is 12.4 Å². The molecule has 2 rings (SSSR count). The number of aryl methyl sites for hydroxylation is 2. The highest BCUT2D eigenvalue weighted by Crippen LogP contribution is 2.29. The van der Waals surface area contributed by atoms with Gasteiger partial charge in [0.05, 0.1) is 6.54 Å². The molecule has 0 saturated heterocycles. The normalized spacial score (nSPS) is 10.3. The Morgan fingerprint density at radius 1 is 1.39 bits per heavy atom. The summed E-state index contributed by atoms with van der Waals surface area (Å²) in [6.45, 7) is 4.50. The molecular weight excluding hydrogens is 222 g/mol. The van der Waals surface area contributed by atoms with E-state index < -0.39 is 0 Å². The smallest absolute Gasteiger partial charge is 0.132 e. The number of nitrogen functional groups attached to an aromatic ring is 1. The number of imidazole rings is 1. The summed E-state index contributed by atoms with van der Waals surface area (Å²) in [5, 5.41) is 0. The summed E-state index contributed by atoms with van der Waals surface area (Å²) in [5.41, 5.74) is 9.32. The van der Waals surface area contributed by atoms with Gasteiger partial charge in [0.1, 0.15) is 17.3 Å². The second-order valence-corrected chi connectivity index (χ2v) is 4.19. The van der Waals surface area contributed by atoms with Crippen LogP contribution < -0.4 is 5.73 Å². The van der Waals surface area contributed by atoms with Crippen LogP contribution in [0.1, 0.15) is 18.3 Å².